The van der Waals surface area contributed by atoms with Crippen molar-refractivity contribution in [1.29, 1.82) is 0 Å². The van der Waals surface area contributed by atoms with Gasteiger partial charge in [0, 0.05) is 30.9 Å². The number of aliphatic hydroxyl groups is 3. The number of carbonyl (C=O) groups is 4. The number of hydrogen-bond acceptors (Lipinski definition) is 7. The molecule has 3 unspecified atom stereocenters. The van der Waals surface area contributed by atoms with E-state index in [0.29, 0.717) is 5.57 Å². The van der Waals surface area contributed by atoms with Gasteiger partial charge in [0.15, 0.2) is 11.6 Å². The largest absolute Gasteiger partial charge is 0.510 e. The van der Waals surface area contributed by atoms with Gasteiger partial charge in [0.25, 0.3) is 5.91 Å². The zero-order chi connectivity index (χ0) is 27.6. The summed E-state index contributed by atoms with van der Waals surface area (Å²) in [7, 11) is 0. The second kappa shape index (κ2) is 13.7. The van der Waals surface area contributed by atoms with Gasteiger partial charge in [0.2, 0.25) is 5.91 Å². The fourth-order valence-corrected chi connectivity index (χ4v) is 3.89. The Hall–Kier alpha value is -3.56. The molecule has 0 fully saturated rings. The standard InChI is InChI=1S/C28H36N2O7/c1-4-5-10-18(2)15-19(3)27(36)29-20-17-28(37,24(34)16-23(20)33)14-9-7-6-8-11-25(35)30-26-21(31)12-13-22(26)32/h6-9,11,14-15,17-18,24,31,34,37H,4-5,10,12-13,16H2,1-3H3,(H,29,36)(H,30,35). The van der Waals surface area contributed by atoms with Crippen molar-refractivity contribution >= 4 is 23.4 Å². The fraction of sp³-hybridized carbons (Fsp3) is 0.429. The van der Waals surface area contributed by atoms with Gasteiger partial charge < -0.3 is 26.0 Å². The first-order valence-corrected chi connectivity index (χ1v) is 12.4. The quantitative estimate of drug-likeness (QED) is 0.211. The molecule has 0 aromatic carbocycles. The third kappa shape index (κ3) is 8.80. The van der Waals surface area contributed by atoms with Crippen LogP contribution >= 0.6 is 0 Å². The number of amides is 2. The van der Waals surface area contributed by atoms with Gasteiger partial charge in [-0.05, 0) is 31.4 Å². The van der Waals surface area contributed by atoms with E-state index >= 15 is 0 Å². The van der Waals surface area contributed by atoms with Crippen molar-refractivity contribution in [1.82, 2.24) is 10.6 Å². The van der Waals surface area contributed by atoms with Crippen molar-refractivity contribution in [2.75, 3.05) is 0 Å². The summed E-state index contributed by atoms with van der Waals surface area (Å²) < 4.78 is 0. The molecule has 0 saturated heterocycles. The molecular weight excluding hydrogens is 476 g/mol. The van der Waals surface area contributed by atoms with E-state index in [2.05, 4.69) is 17.6 Å². The van der Waals surface area contributed by atoms with E-state index in [1.54, 1.807) is 6.92 Å². The topological polar surface area (TPSA) is 153 Å². The van der Waals surface area contributed by atoms with E-state index in [9.17, 15) is 34.5 Å². The van der Waals surface area contributed by atoms with E-state index in [0.717, 1.165) is 31.4 Å². The minimum atomic E-state index is -1.89. The lowest BCUT2D eigenvalue weighted by molar-refractivity contribution is -0.125. The summed E-state index contributed by atoms with van der Waals surface area (Å²) in [6, 6.07) is 0. The first-order valence-electron chi connectivity index (χ1n) is 12.4. The first-order chi connectivity index (χ1) is 17.5. The van der Waals surface area contributed by atoms with Crippen molar-refractivity contribution in [3.05, 3.63) is 71.3 Å². The molecule has 0 heterocycles. The van der Waals surface area contributed by atoms with Crippen molar-refractivity contribution in [2.24, 2.45) is 5.92 Å². The number of nitrogens with one attached hydrogen (secondary N) is 2. The summed E-state index contributed by atoms with van der Waals surface area (Å²) in [5.41, 5.74) is -1.60. The summed E-state index contributed by atoms with van der Waals surface area (Å²) in [4.78, 5) is 48.4. The highest BCUT2D eigenvalue weighted by atomic mass is 16.3. The van der Waals surface area contributed by atoms with Crippen LogP contribution in [0.15, 0.2) is 71.3 Å². The highest BCUT2D eigenvalue weighted by molar-refractivity contribution is 6.04. The molecule has 2 amide bonds. The van der Waals surface area contributed by atoms with Gasteiger partial charge in [-0.2, -0.15) is 0 Å². The number of rotatable bonds is 11. The van der Waals surface area contributed by atoms with Crippen molar-refractivity contribution in [3.8, 4) is 0 Å². The number of aliphatic hydroxyl groups excluding tert-OH is 2. The van der Waals surface area contributed by atoms with Crippen LogP contribution in [0.25, 0.3) is 0 Å². The highest BCUT2D eigenvalue weighted by Crippen LogP contribution is 2.26. The second-order valence-electron chi connectivity index (χ2n) is 9.35. The van der Waals surface area contributed by atoms with Gasteiger partial charge in [0.1, 0.15) is 17.1 Å². The monoisotopic (exact) mass is 512 g/mol. The molecule has 0 radical (unpaired) electrons. The number of ketones is 2. The van der Waals surface area contributed by atoms with Crippen LogP contribution < -0.4 is 10.6 Å². The molecule has 0 bridgehead atoms. The number of allylic oxidation sites excluding steroid dienone is 8. The van der Waals surface area contributed by atoms with Crippen LogP contribution in [0.3, 0.4) is 0 Å². The summed E-state index contributed by atoms with van der Waals surface area (Å²) in [6.07, 6.45) is 12.8. The smallest absolute Gasteiger partial charge is 0.251 e. The molecule has 0 saturated carbocycles. The lowest BCUT2D eigenvalue weighted by atomic mass is 9.85. The summed E-state index contributed by atoms with van der Waals surface area (Å²) >= 11 is 0. The van der Waals surface area contributed by atoms with Gasteiger partial charge in [-0.1, -0.05) is 57.1 Å². The van der Waals surface area contributed by atoms with Crippen LogP contribution in [-0.4, -0.2) is 50.4 Å². The molecule has 5 N–H and O–H groups in total. The van der Waals surface area contributed by atoms with Gasteiger partial charge >= 0.3 is 0 Å². The molecule has 2 rings (SSSR count). The van der Waals surface area contributed by atoms with E-state index in [1.807, 2.05) is 13.0 Å². The minimum absolute atomic E-state index is 0.0871. The Balaban J connectivity index is 2.01. The lowest BCUT2D eigenvalue weighted by Gasteiger charge is -2.31. The van der Waals surface area contributed by atoms with Crippen molar-refractivity contribution in [3.63, 3.8) is 0 Å². The Bertz CT molecular complexity index is 1090. The zero-order valence-electron chi connectivity index (χ0n) is 21.5. The van der Waals surface area contributed by atoms with Gasteiger partial charge in [-0.25, -0.2) is 0 Å². The highest BCUT2D eigenvalue weighted by Gasteiger charge is 2.39. The van der Waals surface area contributed by atoms with E-state index in [-0.39, 0.29) is 48.1 Å². The molecule has 3 atom stereocenters. The summed E-state index contributed by atoms with van der Waals surface area (Å²) in [6.45, 7) is 5.78. The molecule has 37 heavy (non-hydrogen) atoms. The summed E-state index contributed by atoms with van der Waals surface area (Å²) in [5.74, 6) is -1.77. The Morgan fingerprint density at radius 3 is 2.49 bits per heavy atom. The van der Waals surface area contributed by atoms with Crippen LogP contribution in [0.5, 0.6) is 0 Å². The van der Waals surface area contributed by atoms with Gasteiger partial charge in [0.05, 0.1) is 11.8 Å². The molecule has 2 aliphatic rings. The Labute approximate surface area is 217 Å². The van der Waals surface area contributed by atoms with Gasteiger partial charge in [-0.3, -0.25) is 19.2 Å². The molecule has 200 valence electrons. The Kier molecular flexibility index (Phi) is 11.0. The number of Topliss-reactive ketones (excluding diaryl/α,β-unsaturated/α-hetero) is 2. The SMILES string of the molecule is CCCCC(C)C=C(C)C(=O)NC1=CC(O)(C=CC=CC=CC(=O)NC2=C(O)CCC2=O)C(O)CC1=O. The maximum absolute atomic E-state index is 12.6. The zero-order valence-corrected chi connectivity index (χ0v) is 21.5. The van der Waals surface area contributed by atoms with E-state index < -0.39 is 29.3 Å². The molecule has 0 spiro atoms. The minimum Gasteiger partial charge on any atom is -0.510 e. The number of hydrogen-bond donors (Lipinski definition) is 5. The third-order valence-electron chi connectivity index (χ3n) is 6.09. The number of unbranched alkanes of at least 4 members (excludes halogenated alkanes) is 1. The molecule has 0 aromatic rings. The molecular formula is C28H36N2O7. The first kappa shape index (κ1) is 29.7. The second-order valence-corrected chi connectivity index (χ2v) is 9.35. The van der Waals surface area contributed by atoms with Crippen LogP contribution in [0.2, 0.25) is 0 Å². The molecule has 2 aliphatic carbocycles. The van der Waals surface area contributed by atoms with E-state index in [4.69, 9.17) is 0 Å². The molecule has 0 aliphatic heterocycles. The Morgan fingerprint density at radius 2 is 1.84 bits per heavy atom. The lowest BCUT2D eigenvalue weighted by Crippen LogP contribution is -2.46. The predicted octanol–water partition coefficient (Wildman–Crippen LogP) is 2.74. The van der Waals surface area contributed by atoms with Crippen molar-refractivity contribution in [2.45, 2.75) is 71.0 Å². The number of carbonyl (C=O) groups excluding carboxylic acids is 4. The van der Waals surface area contributed by atoms with Crippen LogP contribution in [0.1, 0.15) is 59.3 Å². The molecule has 9 heteroatoms. The Morgan fingerprint density at radius 1 is 1.14 bits per heavy atom. The average Bonchev–Trinajstić information content (AvgIpc) is 3.15. The predicted molar refractivity (Wildman–Crippen MR) is 139 cm³/mol. The molecule has 0 aromatic heterocycles. The van der Waals surface area contributed by atoms with Crippen LogP contribution in [0.4, 0.5) is 0 Å². The van der Waals surface area contributed by atoms with Crippen LogP contribution in [0, 0.1) is 5.92 Å². The third-order valence-corrected chi connectivity index (χ3v) is 6.09. The normalized spacial score (nSPS) is 23.9. The maximum Gasteiger partial charge on any atom is 0.251 e. The van der Waals surface area contributed by atoms with Crippen LogP contribution in [-0.2, 0) is 19.2 Å². The average molecular weight is 513 g/mol. The van der Waals surface area contributed by atoms with E-state index in [1.165, 1.54) is 30.4 Å². The fourth-order valence-electron chi connectivity index (χ4n) is 3.89. The molecule has 9 nitrogen and oxygen atoms in total. The van der Waals surface area contributed by atoms with Gasteiger partial charge in [-0.15, -0.1) is 0 Å². The van der Waals surface area contributed by atoms with Crippen molar-refractivity contribution < 1.29 is 34.5 Å². The maximum atomic E-state index is 12.6. The summed E-state index contributed by atoms with van der Waals surface area (Å²) in [5, 5.41) is 35.6.